The molecular weight excluding hydrogens is 360 g/mol. The number of hydrogen-bond donors (Lipinski definition) is 1. The second-order valence-electron chi connectivity index (χ2n) is 6.15. The van der Waals surface area contributed by atoms with Crippen LogP contribution in [0.2, 0.25) is 0 Å². The number of carbonyl (C=O) groups excluding carboxylic acids is 1. The molecule has 1 amide bonds. The summed E-state index contributed by atoms with van der Waals surface area (Å²) in [6.45, 7) is 0. The van der Waals surface area contributed by atoms with Gasteiger partial charge in [0.1, 0.15) is 0 Å². The first-order valence-electron chi connectivity index (χ1n) is 8.32. The van der Waals surface area contributed by atoms with E-state index in [-0.39, 0.29) is 11.8 Å². The molecule has 0 bridgehead atoms. The Balaban J connectivity index is 1.60. The summed E-state index contributed by atoms with van der Waals surface area (Å²) in [5.74, 6) is 0.555. The van der Waals surface area contributed by atoms with Crippen molar-refractivity contribution in [2.45, 2.75) is 18.1 Å². The van der Waals surface area contributed by atoms with Crippen LogP contribution in [0.5, 0.6) is 0 Å². The highest BCUT2D eigenvalue weighted by Crippen LogP contribution is 2.38. The normalized spacial score (nSPS) is 17.2. The van der Waals surface area contributed by atoms with E-state index in [1.165, 1.54) is 28.1 Å². The van der Waals surface area contributed by atoms with Gasteiger partial charge >= 0.3 is 0 Å². The summed E-state index contributed by atoms with van der Waals surface area (Å²) in [6, 6.07) is 20.9. The molecule has 128 valence electrons. The van der Waals surface area contributed by atoms with E-state index in [1.807, 2.05) is 29.6 Å². The van der Waals surface area contributed by atoms with Crippen LogP contribution in [-0.2, 0) is 10.5 Å². The van der Waals surface area contributed by atoms with Crippen molar-refractivity contribution >= 4 is 39.8 Å². The molecule has 2 heterocycles. The average molecular weight is 377 g/mol. The fourth-order valence-corrected chi connectivity index (χ4v) is 5.01. The maximum absolute atomic E-state index is 12.2. The molecule has 1 aliphatic rings. The Morgan fingerprint density at radius 3 is 2.77 bits per heavy atom. The Bertz CT molecular complexity index is 1030. The van der Waals surface area contributed by atoms with Gasteiger partial charge in [0.2, 0.25) is 5.91 Å². The minimum atomic E-state index is -0.132. The zero-order valence-electron chi connectivity index (χ0n) is 13.9. The largest absolute Gasteiger partial charge is 0.320 e. The number of rotatable bonds is 4. The maximum Gasteiger partial charge on any atom is 0.225 e. The molecule has 3 nitrogen and oxygen atoms in total. The second kappa shape index (κ2) is 7.36. The van der Waals surface area contributed by atoms with E-state index in [1.54, 1.807) is 11.3 Å². The standard InChI is InChI=1S/C21H16N2OS2/c22-12-18-17(19-6-3-9-25-19)11-20(24)23-21(18)26-13-14-7-8-15-4-1-2-5-16(15)10-14/h1-10,17H,11,13H2,(H,23,24)/t17-/m1/s1. The van der Waals surface area contributed by atoms with Gasteiger partial charge in [0.15, 0.2) is 0 Å². The number of allylic oxidation sites excluding steroid dienone is 1. The van der Waals surface area contributed by atoms with Gasteiger partial charge in [-0.25, -0.2) is 0 Å². The van der Waals surface area contributed by atoms with Gasteiger partial charge in [0.25, 0.3) is 0 Å². The molecule has 3 aromatic rings. The fraction of sp³-hybridized carbons (Fsp3) is 0.143. The van der Waals surface area contributed by atoms with E-state index < -0.39 is 0 Å². The molecule has 2 aromatic carbocycles. The summed E-state index contributed by atoms with van der Waals surface area (Å²) in [6.07, 6.45) is 0.337. The lowest BCUT2D eigenvalue weighted by Crippen LogP contribution is -2.30. The predicted octanol–water partition coefficient (Wildman–Crippen LogP) is 5.17. The van der Waals surface area contributed by atoms with Crippen LogP contribution in [0.25, 0.3) is 10.8 Å². The van der Waals surface area contributed by atoms with Crippen molar-refractivity contribution in [1.29, 1.82) is 5.26 Å². The van der Waals surface area contributed by atoms with Gasteiger partial charge in [-0.15, -0.1) is 23.1 Å². The first kappa shape index (κ1) is 16.9. The van der Waals surface area contributed by atoms with Crippen molar-refractivity contribution in [3.05, 3.63) is 81.0 Å². The Morgan fingerprint density at radius 1 is 1.15 bits per heavy atom. The van der Waals surface area contributed by atoms with Crippen LogP contribution in [0.15, 0.2) is 70.6 Å². The first-order valence-corrected chi connectivity index (χ1v) is 10.2. The molecule has 0 unspecified atom stereocenters. The summed E-state index contributed by atoms with van der Waals surface area (Å²) in [5, 5.41) is 17.7. The van der Waals surface area contributed by atoms with Crippen molar-refractivity contribution in [3.8, 4) is 6.07 Å². The smallest absolute Gasteiger partial charge is 0.225 e. The average Bonchev–Trinajstić information content (AvgIpc) is 3.20. The minimum absolute atomic E-state index is 0.0246. The lowest BCUT2D eigenvalue weighted by Gasteiger charge is -2.24. The van der Waals surface area contributed by atoms with Crippen LogP contribution in [-0.4, -0.2) is 5.91 Å². The maximum atomic E-state index is 12.2. The van der Waals surface area contributed by atoms with E-state index in [2.05, 4.69) is 41.7 Å². The number of benzene rings is 2. The number of nitrogens with zero attached hydrogens (tertiary/aromatic N) is 1. The number of fused-ring (bicyclic) bond motifs is 1. The highest BCUT2D eigenvalue weighted by molar-refractivity contribution is 8.02. The molecule has 4 rings (SSSR count). The van der Waals surface area contributed by atoms with E-state index in [9.17, 15) is 10.1 Å². The minimum Gasteiger partial charge on any atom is -0.320 e. The molecule has 1 aliphatic heterocycles. The van der Waals surface area contributed by atoms with E-state index in [0.29, 0.717) is 22.8 Å². The zero-order chi connectivity index (χ0) is 17.9. The molecule has 0 fully saturated rings. The quantitative estimate of drug-likeness (QED) is 0.683. The summed E-state index contributed by atoms with van der Waals surface area (Å²) < 4.78 is 0. The van der Waals surface area contributed by atoms with Gasteiger partial charge in [0.05, 0.1) is 16.7 Å². The Labute approximate surface area is 160 Å². The van der Waals surface area contributed by atoms with Gasteiger partial charge in [0, 0.05) is 23.0 Å². The number of nitriles is 1. The number of nitrogens with one attached hydrogen (secondary N) is 1. The van der Waals surface area contributed by atoms with Crippen molar-refractivity contribution in [1.82, 2.24) is 5.32 Å². The topological polar surface area (TPSA) is 52.9 Å². The molecule has 1 N–H and O–H groups in total. The van der Waals surface area contributed by atoms with Crippen molar-refractivity contribution < 1.29 is 4.79 Å². The molecule has 0 aliphatic carbocycles. The molecule has 0 spiro atoms. The Kier molecular flexibility index (Phi) is 4.79. The number of carbonyl (C=O) groups is 1. The zero-order valence-corrected chi connectivity index (χ0v) is 15.6. The molecule has 0 saturated carbocycles. The van der Waals surface area contributed by atoms with Gasteiger partial charge in [-0.05, 0) is 27.8 Å². The number of thiophene rings is 1. The fourth-order valence-electron chi connectivity index (χ4n) is 3.15. The third-order valence-corrected chi connectivity index (χ3v) is 6.51. The summed E-state index contributed by atoms with van der Waals surface area (Å²) in [5.41, 5.74) is 1.84. The third kappa shape index (κ3) is 3.39. The molecule has 0 radical (unpaired) electrons. The van der Waals surface area contributed by atoms with Crippen molar-refractivity contribution in [2.24, 2.45) is 0 Å². The van der Waals surface area contributed by atoms with Crippen LogP contribution < -0.4 is 5.32 Å². The van der Waals surface area contributed by atoms with Crippen LogP contribution >= 0.6 is 23.1 Å². The monoisotopic (exact) mass is 376 g/mol. The van der Waals surface area contributed by atoms with Gasteiger partial charge in [-0.2, -0.15) is 5.26 Å². The summed E-state index contributed by atoms with van der Waals surface area (Å²) >= 11 is 3.12. The van der Waals surface area contributed by atoms with Crippen molar-refractivity contribution in [2.75, 3.05) is 0 Å². The molecular formula is C21H16N2OS2. The predicted molar refractivity (Wildman–Crippen MR) is 108 cm³/mol. The highest BCUT2D eigenvalue weighted by Gasteiger charge is 2.30. The third-order valence-electron chi connectivity index (χ3n) is 4.44. The lowest BCUT2D eigenvalue weighted by atomic mass is 9.93. The lowest BCUT2D eigenvalue weighted by molar-refractivity contribution is -0.120. The van der Waals surface area contributed by atoms with Crippen molar-refractivity contribution in [3.63, 3.8) is 0 Å². The number of hydrogen-bond acceptors (Lipinski definition) is 4. The molecule has 26 heavy (non-hydrogen) atoms. The summed E-state index contributed by atoms with van der Waals surface area (Å²) in [4.78, 5) is 13.2. The van der Waals surface area contributed by atoms with E-state index in [0.717, 1.165) is 4.88 Å². The second-order valence-corrected chi connectivity index (χ2v) is 8.11. The van der Waals surface area contributed by atoms with E-state index >= 15 is 0 Å². The van der Waals surface area contributed by atoms with Crippen LogP contribution in [0.3, 0.4) is 0 Å². The molecule has 1 atom stereocenters. The van der Waals surface area contributed by atoms with Gasteiger partial charge < -0.3 is 5.32 Å². The molecule has 0 saturated heterocycles. The number of thioether (sulfide) groups is 1. The Morgan fingerprint density at radius 2 is 2.00 bits per heavy atom. The van der Waals surface area contributed by atoms with Crippen LogP contribution in [0.1, 0.15) is 22.8 Å². The summed E-state index contributed by atoms with van der Waals surface area (Å²) in [7, 11) is 0. The van der Waals surface area contributed by atoms with Crippen LogP contribution in [0.4, 0.5) is 0 Å². The van der Waals surface area contributed by atoms with Gasteiger partial charge in [-0.3, -0.25) is 4.79 Å². The molecule has 5 heteroatoms. The first-order chi connectivity index (χ1) is 12.7. The van der Waals surface area contributed by atoms with E-state index in [4.69, 9.17) is 0 Å². The highest BCUT2D eigenvalue weighted by atomic mass is 32.2. The van der Waals surface area contributed by atoms with Gasteiger partial charge in [-0.1, -0.05) is 48.5 Å². The SMILES string of the molecule is N#CC1=C(SCc2ccc3ccccc3c2)NC(=O)C[C@H]1c1cccs1. The Hall–Kier alpha value is -2.55. The number of amides is 1. The molecule has 1 aromatic heterocycles. The van der Waals surface area contributed by atoms with Crippen LogP contribution in [0, 0.1) is 11.3 Å².